The van der Waals surface area contributed by atoms with Gasteiger partial charge in [-0.05, 0) is 60.4 Å². The van der Waals surface area contributed by atoms with Gasteiger partial charge in [-0.15, -0.1) is 0 Å². The lowest BCUT2D eigenvalue weighted by Gasteiger charge is -2.36. The molecule has 0 aliphatic carbocycles. The number of rotatable bonds is 13. The number of aromatic nitrogens is 2. The van der Waals surface area contributed by atoms with Crippen molar-refractivity contribution >= 4 is 29.3 Å². The number of amides is 4. The van der Waals surface area contributed by atoms with E-state index in [1.54, 1.807) is 31.7 Å². The van der Waals surface area contributed by atoms with Gasteiger partial charge in [-0.2, -0.15) is 0 Å². The van der Waals surface area contributed by atoms with E-state index in [2.05, 4.69) is 31.2 Å². The van der Waals surface area contributed by atoms with E-state index in [-0.39, 0.29) is 29.6 Å². The summed E-state index contributed by atoms with van der Waals surface area (Å²) >= 11 is 0. The van der Waals surface area contributed by atoms with E-state index in [9.17, 15) is 23.6 Å². The van der Waals surface area contributed by atoms with Gasteiger partial charge in [0.1, 0.15) is 29.4 Å². The molecule has 48 heavy (non-hydrogen) atoms. The van der Waals surface area contributed by atoms with Gasteiger partial charge < -0.3 is 25.8 Å². The molecule has 0 saturated carbocycles. The Labute approximate surface area is 278 Å². The van der Waals surface area contributed by atoms with Crippen LogP contribution in [0.5, 0.6) is 0 Å². The molecule has 4 rings (SSSR count). The summed E-state index contributed by atoms with van der Waals surface area (Å²) in [4.78, 5) is 56.8. The third-order valence-electron chi connectivity index (χ3n) is 8.81. The molecule has 4 amide bonds. The highest BCUT2D eigenvalue weighted by molar-refractivity contribution is 6.01. The van der Waals surface area contributed by atoms with Crippen LogP contribution >= 0.6 is 0 Å². The molecule has 2 heterocycles. The number of likely N-dealkylation sites (N-methyl/N-ethyl adjacent to an activating group) is 1. The standard InChI is InChI=1S/C34H43F2N7O5/c1-6-24(21-9-12-23(35)13-10-21)30(39-33(46)31-26(7-2)40-48-41-31)32(45)37-27-14-11-22(19-25(27)36)20(4)29(38-28(44)8-3)34(47)43-17-15-42(5)16-18-43/h9-14,19-20,24,29-30H,6-8,15-18H2,1-5H3,(H,37,45)(H,38,44)(H,39,46)/t20-,24?,29+,30?/m0/s1. The Morgan fingerprint density at radius 1 is 0.896 bits per heavy atom. The summed E-state index contributed by atoms with van der Waals surface area (Å²) in [7, 11) is 1.97. The molecule has 0 spiro atoms. The summed E-state index contributed by atoms with van der Waals surface area (Å²) in [5.74, 6) is -4.40. The smallest absolute Gasteiger partial charge is 0.276 e. The molecule has 3 aromatic rings. The van der Waals surface area contributed by atoms with Gasteiger partial charge in [0.2, 0.25) is 17.7 Å². The van der Waals surface area contributed by atoms with Gasteiger partial charge in [0.05, 0.1) is 5.69 Å². The van der Waals surface area contributed by atoms with E-state index in [1.165, 1.54) is 36.4 Å². The first-order valence-corrected chi connectivity index (χ1v) is 16.2. The summed E-state index contributed by atoms with van der Waals surface area (Å²) < 4.78 is 34.2. The third-order valence-corrected chi connectivity index (χ3v) is 8.81. The van der Waals surface area contributed by atoms with Crippen molar-refractivity contribution in [1.29, 1.82) is 0 Å². The van der Waals surface area contributed by atoms with Crippen molar-refractivity contribution in [3.8, 4) is 0 Å². The number of nitrogens with one attached hydrogen (secondary N) is 3. The number of benzene rings is 2. The lowest BCUT2D eigenvalue weighted by molar-refractivity contribution is -0.138. The van der Waals surface area contributed by atoms with E-state index in [1.807, 2.05) is 14.0 Å². The Bertz CT molecular complexity index is 1590. The first-order valence-electron chi connectivity index (χ1n) is 16.2. The summed E-state index contributed by atoms with van der Waals surface area (Å²) in [6.45, 7) is 9.44. The van der Waals surface area contributed by atoms with Crippen molar-refractivity contribution < 1.29 is 32.6 Å². The van der Waals surface area contributed by atoms with Crippen molar-refractivity contribution in [1.82, 2.24) is 30.7 Å². The van der Waals surface area contributed by atoms with Gasteiger partial charge in [0.25, 0.3) is 5.91 Å². The average Bonchev–Trinajstić information content (AvgIpc) is 3.57. The molecule has 2 aromatic carbocycles. The van der Waals surface area contributed by atoms with Crippen LogP contribution in [0.15, 0.2) is 47.1 Å². The highest BCUT2D eigenvalue weighted by Crippen LogP contribution is 2.28. The summed E-state index contributed by atoms with van der Waals surface area (Å²) in [6, 6.07) is 7.63. The van der Waals surface area contributed by atoms with Gasteiger partial charge in [0.15, 0.2) is 5.69 Å². The van der Waals surface area contributed by atoms with Crippen LogP contribution in [-0.2, 0) is 20.8 Å². The number of anilines is 1. The van der Waals surface area contributed by atoms with Gasteiger partial charge in [0, 0.05) is 44.4 Å². The van der Waals surface area contributed by atoms with E-state index in [0.29, 0.717) is 55.8 Å². The monoisotopic (exact) mass is 667 g/mol. The van der Waals surface area contributed by atoms with Gasteiger partial charge in [-0.3, -0.25) is 19.2 Å². The van der Waals surface area contributed by atoms with Crippen molar-refractivity contribution in [2.24, 2.45) is 0 Å². The Hall–Kier alpha value is -4.72. The quantitative estimate of drug-likeness (QED) is 0.250. The lowest BCUT2D eigenvalue weighted by atomic mass is 9.88. The zero-order valence-corrected chi connectivity index (χ0v) is 27.9. The molecule has 1 aliphatic rings. The number of halogens is 2. The molecule has 4 atom stereocenters. The Kier molecular flexibility index (Phi) is 12.3. The van der Waals surface area contributed by atoms with Crippen LogP contribution in [0.2, 0.25) is 0 Å². The molecular formula is C34H43F2N7O5. The van der Waals surface area contributed by atoms with Gasteiger partial charge in [-0.1, -0.05) is 51.1 Å². The van der Waals surface area contributed by atoms with Crippen molar-refractivity contribution in [2.45, 2.75) is 70.9 Å². The zero-order valence-electron chi connectivity index (χ0n) is 27.9. The number of piperazine rings is 1. The highest BCUT2D eigenvalue weighted by atomic mass is 19.1. The predicted molar refractivity (Wildman–Crippen MR) is 174 cm³/mol. The van der Waals surface area contributed by atoms with Crippen molar-refractivity contribution in [3.05, 3.63) is 76.6 Å². The Morgan fingerprint density at radius 3 is 2.17 bits per heavy atom. The molecule has 3 N–H and O–H groups in total. The first kappa shape index (κ1) is 36.1. The van der Waals surface area contributed by atoms with Crippen LogP contribution in [-0.4, -0.2) is 89.1 Å². The van der Waals surface area contributed by atoms with E-state index < -0.39 is 47.4 Å². The average molecular weight is 668 g/mol. The fourth-order valence-corrected chi connectivity index (χ4v) is 5.76. The number of carbonyl (C=O) groups excluding carboxylic acids is 4. The zero-order chi connectivity index (χ0) is 35.0. The van der Waals surface area contributed by atoms with Gasteiger partial charge >= 0.3 is 0 Å². The van der Waals surface area contributed by atoms with E-state index in [4.69, 9.17) is 4.63 Å². The molecular weight excluding hydrogens is 624 g/mol. The van der Waals surface area contributed by atoms with Crippen LogP contribution in [0.25, 0.3) is 0 Å². The van der Waals surface area contributed by atoms with Crippen LogP contribution in [0.4, 0.5) is 14.5 Å². The number of nitrogens with zero attached hydrogens (tertiary/aromatic N) is 4. The van der Waals surface area contributed by atoms with Crippen LogP contribution in [0, 0.1) is 11.6 Å². The molecule has 1 aromatic heterocycles. The van der Waals surface area contributed by atoms with Crippen molar-refractivity contribution in [2.75, 3.05) is 38.5 Å². The maximum absolute atomic E-state index is 15.7. The fraction of sp³-hybridized carbons (Fsp3) is 0.471. The van der Waals surface area contributed by atoms with Crippen LogP contribution in [0.1, 0.15) is 79.7 Å². The normalized spacial score (nSPS) is 16.0. The second-order valence-corrected chi connectivity index (χ2v) is 12.0. The van der Waals surface area contributed by atoms with E-state index in [0.717, 1.165) is 0 Å². The second kappa shape index (κ2) is 16.4. The summed E-state index contributed by atoms with van der Waals surface area (Å²) in [6.07, 6.45) is 0.908. The molecule has 12 nitrogen and oxygen atoms in total. The third kappa shape index (κ3) is 8.59. The molecule has 1 aliphatic heterocycles. The molecule has 2 unspecified atom stereocenters. The number of aryl methyl sites for hydroxylation is 1. The fourth-order valence-electron chi connectivity index (χ4n) is 5.76. The predicted octanol–water partition coefficient (Wildman–Crippen LogP) is 3.61. The minimum absolute atomic E-state index is 0.0791. The lowest BCUT2D eigenvalue weighted by Crippen LogP contribution is -2.55. The maximum atomic E-state index is 15.7. The first-order chi connectivity index (χ1) is 23.0. The largest absolute Gasteiger partial charge is 0.344 e. The van der Waals surface area contributed by atoms with Crippen LogP contribution in [0.3, 0.4) is 0 Å². The SMILES string of the molecule is CCC(=O)N[C@@H](C(=O)N1CCN(C)CC1)[C@@H](C)c1ccc(NC(=O)C(NC(=O)c2nonc2CC)C(CC)c2ccc(F)cc2)c(F)c1. The Morgan fingerprint density at radius 2 is 1.56 bits per heavy atom. The maximum Gasteiger partial charge on any atom is 0.276 e. The Balaban J connectivity index is 1.59. The van der Waals surface area contributed by atoms with Crippen molar-refractivity contribution in [3.63, 3.8) is 0 Å². The molecule has 1 fully saturated rings. The molecule has 1 saturated heterocycles. The molecule has 14 heteroatoms. The van der Waals surface area contributed by atoms with E-state index >= 15 is 4.39 Å². The second-order valence-electron chi connectivity index (χ2n) is 12.0. The molecule has 258 valence electrons. The minimum Gasteiger partial charge on any atom is -0.344 e. The summed E-state index contributed by atoms with van der Waals surface area (Å²) in [5.41, 5.74) is 1.10. The number of hydrogen-bond donors (Lipinski definition) is 3. The number of hydrogen-bond acceptors (Lipinski definition) is 8. The summed E-state index contributed by atoms with van der Waals surface area (Å²) in [5, 5.41) is 15.5. The topological polar surface area (TPSA) is 150 Å². The van der Waals surface area contributed by atoms with Gasteiger partial charge in [-0.25, -0.2) is 13.4 Å². The molecule has 0 bridgehead atoms. The highest BCUT2D eigenvalue weighted by Gasteiger charge is 2.35. The van der Waals surface area contributed by atoms with Crippen LogP contribution < -0.4 is 16.0 Å². The molecule has 0 radical (unpaired) electrons. The minimum atomic E-state index is -1.22. The number of carbonyl (C=O) groups is 4.